The number of amidine groups is 2. The lowest BCUT2D eigenvalue weighted by Crippen LogP contribution is -2.44. The minimum absolute atomic E-state index is 0. The zero-order valence-electron chi connectivity index (χ0n) is 14.7. The molecule has 9 heteroatoms. The van der Waals surface area contributed by atoms with Crippen LogP contribution in [0.4, 0.5) is 4.39 Å². The van der Waals surface area contributed by atoms with Gasteiger partial charge in [0.25, 0.3) is 0 Å². The molecule has 0 spiro atoms. The van der Waals surface area contributed by atoms with Crippen LogP contribution in [0.15, 0.2) is 63.5 Å². The van der Waals surface area contributed by atoms with Crippen LogP contribution in [-0.4, -0.2) is 23.3 Å². The van der Waals surface area contributed by atoms with E-state index in [1.807, 2.05) is 18.2 Å². The molecule has 0 saturated carbocycles. The number of guanidine groups is 1. The summed E-state index contributed by atoms with van der Waals surface area (Å²) in [5, 5.41) is 8.14. The molecule has 0 amide bonds. The quantitative estimate of drug-likeness (QED) is 0.511. The van der Waals surface area contributed by atoms with Crippen molar-refractivity contribution >= 4 is 48.2 Å². The summed E-state index contributed by atoms with van der Waals surface area (Å²) in [4.78, 5) is 13.2. The first-order chi connectivity index (χ1) is 12.5. The van der Waals surface area contributed by atoms with Crippen molar-refractivity contribution in [2.75, 3.05) is 0 Å². The average Bonchev–Trinajstić information content (AvgIpc) is 3.18. The Bertz CT molecular complexity index is 1000. The van der Waals surface area contributed by atoms with Crippen LogP contribution >= 0.6 is 24.8 Å². The molecule has 146 valence electrons. The Morgan fingerprint density at radius 2 is 1.75 bits per heavy atom. The highest BCUT2D eigenvalue weighted by Crippen LogP contribution is 2.33. The van der Waals surface area contributed by atoms with Crippen LogP contribution in [0.25, 0.3) is 0 Å². The molecule has 5 N–H and O–H groups in total. The van der Waals surface area contributed by atoms with Crippen molar-refractivity contribution in [3.05, 3.63) is 71.0 Å². The fourth-order valence-electron chi connectivity index (χ4n) is 3.41. The maximum absolute atomic E-state index is 13.4. The van der Waals surface area contributed by atoms with Gasteiger partial charge in [-0.3, -0.25) is 5.41 Å². The number of fused-ring (bicyclic) bond motifs is 1. The average molecular weight is 421 g/mol. The summed E-state index contributed by atoms with van der Waals surface area (Å²) in [6.45, 7) is 0. The Morgan fingerprint density at radius 3 is 2.43 bits per heavy atom. The maximum Gasteiger partial charge on any atom is 0.219 e. The predicted molar refractivity (Wildman–Crippen MR) is 115 cm³/mol. The van der Waals surface area contributed by atoms with Gasteiger partial charge in [0.05, 0.1) is 5.71 Å². The Labute approximate surface area is 174 Å². The summed E-state index contributed by atoms with van der Waals surface area (Å²) >= 11 is 0. The van der Waals surface area contributed by atoms with E-state index in [0.717, 1.165) is 24.1 Å². The first-order valence-electron chi connectivity index (χ1n) is 8.21. The van der Waals surface area contributed by atoms with Crippen molar-refractivity contribution in [2.45, 2.75) is 18.4 Å². The van der Waals surface area contributed by atoms with Crippen molar-refractivity contribution in [3.8, 4) is 0 Å². The lowest BCUT2D eigenvalue weighted by atomic mass is 9.88. The van der Waals surface area contributed by atoms with Crippen molar-refractivity contribution < 1.29 is 4.39 Å². The van der Waals surface area contributed by atoms with Gasteiger partial charge in [-0.1, -0.05) is 36.4 Å². The predicted octanol–water partition coefficient (Wildman–Crippen LogP) is 2.96. The third-order valence-electron chi connectivity index (χ3n) is 4.68. The van der Waals surface area contributed by atoms with Crippen LogP contribution < -0.4 is 11.5 Å². The van der Waals surface area contributed by atoms with Crippen molar-refractivity contribution in [2.24, 2.45) is 26.4 Å². The third-order valence-corrected chi connectivity index (χ3v) is 4.68. The first-order valence-corrected chi connectivity index (χ1v) is 8.21. The number of benzene rings is 2. The minimum atomic E-state index is -1.43. The van der Waals surface area contributed by atoms with E-state index in [2.05, 4.69) is 16.1 Å². The maximum atomic E-state index is 13.4. The van der Waals surface area contributed by atoms with E-state index < -0.39 is 11.4 Å². The number of halogens is 3. The fourth-order valence-corrected chi connectivity index (χ4v) is 3.41. The van der Waals surface area contributed by atoms with Crippen LogP contribution in [0, 0.1) is 11.2 Å². The largest absolute Gasteiger partial charge is 0.385 e. The molecule has 1 heterocycles. The summed E-state index contributed by atoms with van der Waals surface area (Å²) in [6.07, 6.45) is 1.65. The van der Waals surface area contributed by atoms with E-state index in [4.69, 9.17) is 21.9 Å². The number of aliphatic imine (C=N–C) groups is 3. The first kappa shape index (κ1) is 21.5. The summed E-state index contributed by atoms with van der Waals surface area (Å²) in [7, 11) is 0. The molecule has 1 unspecified atom stereocenters. The van der Waals surface area contributed by atoms with Crippen LogP contribution in [0.5, 0.6) is 0 Å². The lowest BCUT2D eigenvalue weighted by Gasteiger charge is -2.25. The molecule has 2 aliphatic rings. The molecule has 0 fully saturated rings. The van der Waals surface area contributed by atoms with Gasteiger partial charge < -0.3 is 11.5 Å². The molecule has 1 atom stereocenters. The fraction of sp³-hybridized carbons (Fsp3) is 0.158. The topological polar surface area (TPSA) is 113 Å². The third kappa shape index (κ3) is 3.39. The number of aryl methyl sites for hydroxylation is 1. The van der Waals surface area contributed by atoms with Gasteiger partial charge in [-0.2, -0.15) is 4.99 Å². The summed E-state index contributed by atoms with van der Waals surface area (Å²) in [5.41, 5.74) is 13.9. The standard InChI is InChI=1S/C19H17FN6.2ClH/c20-13-8-6-12(7-9-13)19(16(21)22)17(25-18(23)26-19)24-15-10-5-11-3-1-2-4-14(11)15;;/h1-4,6-9H,5,10H2,(H3,21,22)(H2,23,26);2*1H. The van der Waals surface area contributed by atoms with Gasteiger partial charge in [0, 0.05) is 0 Å². The van der Waals surface area contributed by atoms with E-state index >= 15 is 0 Å². The van der Waals surface area contributed by atoms with Gasteiger partial charge in [0.1, 0.15) is 11.7 Å². The van der Waals surface area contributed by atoms with Crippen molar-refractivity contribution in [1.82, 2.24) is 0 Å². The van der Waals surface area contributed by atoms with Gasteiger partial charge in [-0.25, -0.2) is 14.4 Å². The zero-order chi connectivity index (χ0) is 18.3. The molecule has 1 aliphatic heterocycles. The molecule has 1 aliphatic carbocycles. The van der Waals surface area contributed by atoms with E-state index in [1.54, 1.807) is 0 Å². The van der Waals surface area contributed by atoms with Crippen LogP contribution in [0.3, 0.4) is 0 Å². The molecule has 6 nitrogen and oxygen atoms in total. The van der Waals surface area contributed by atoms with E-state index in [0.29, 0.717) is 5.56 Å². The molecule has 0 aromatic heterocycles. The van der Waals surface area contributed by atoms with Crippen LogP contribution in [-0.2, 0) is 12.0 Å². The molecule has 2 aromatic rings. The van der Waals surface area contributed by atoms with E-state index in [9.17, 15) is 4.39 Å². The molecular weight excluding hydrogens is 402 g/mol. The molecule has 28 heavy (non-hydrogen) atoms. The molecular formula is C19H19Cl2FN6. The second kappa shape index (κ2) is 8.08. The Hall–Kier alpha value is -2.77. The normalized spacial score (nSPS) is 21.2. The second-order valence-electron chi connectivity index (χ2n) is 6.25. The summed E-state index contributed by atoms with van der Waals surface area (Å²) in [5.74, 6) is -0.424. The Morgan fingerprint density at radius 1 is 1.07 bits per heavy atom. The Kier molecular flexibility index (Phi) is 6.21. The number of nitrogens with one attached hydrogen (secondary N) is 1. The van der Waals surface area contributed by atoms with E-state index in [-0.39, 0.29) is 42.4 Å². The van der Waals surface area contributed by atoms with Crippen molar-refractivity contribution in [3.63, 3.8) is 0 Å². The number of rotatable bonds is 2. The number of nitrogens with two attached hydrogens (primary N) is 2. The highest BCUT2D eigenvalue weighted by molar-refractivity contribution is 6.24. The lowest BCUT2D eigenvalue weighted by molar-refractivity contribution is 0.625. The summed E-state index contributed by atoms with van der Waals surface area (Å²) in [6, 6.07) is 13.7. The SMILES string of the molecule is Cl.Cl.N=C(N)C1(c2ccc(F)cc2)N=C(N)N=C1N=C1CCc2ccccc21. The minimum Gasteiger partial charge on any atom is -0.385 e. The van der Waals surface area contributed by atoms with Gasteiger partial charge in [-0.05, 0) is 41.7 Å². The molecule has 0 bridgehead atoms. The summed E-state index contributed by atoms with van der Waals surface area (Å²) < 4.78 is 13.4. The van der Waals surface area contributed by atoms with Crippen LogP contribution in [0.2, 0.25) is 0 Å². The smallest absolute Gasteiger partial charge is 0.219 e. The molecule has 0 radical (unpaired) electrons. The number of hydrogen-bond donors (Lipinski definition) is 3. The van der Waals surface area contributed by atoms with Gasteiger partial charge in [-0.15, -0.1) is 24.8 Å². The number of hydrogen-bond acceptors (Lipinski definition) is 5. The van der Waals surface area contributed by atoms with Gasteiger partial charge in [0.15, 0.2) is 5.84 Å². The monoisotopic (exact) mass is 420 g/mol. The van der Waals surface area contributed by atoms with Gasteiger partial charge in [0.2, 0.25) is 11.5 Å². The second-order valence-corrected chi connectivity index (χ2v) is 6.25. The highest BCUT2D eigenvalue weighted by Gasteiger charge is 2.45. The van der Waals surface area contributed by atoms with Gasteiger partial charge >= 0.3 is 0 Å². The number of nitrogens with zero attached hydrogens (tertiary/aromatic N) is 3. The molecule has 2 aromatic carbocycles. The zero-order valence-corrected chi connectivity index (χ0v) is 16.4. The highest BCUT2D eigenvalue weighted by atomic mass is 35.5. The molecule has 0 saturated heterocycles. The van der Waals surface area contributed by atoms with Crippen molar-refractivity contribution in [1.29, 1.82) is 5.41 Å². The molecule has 4 rings (SSSR count). The van der Waals surface area contributed by atoms with Crippen LogP contribution in [0.1, 0.15) is 23.1 Å². The Balaban J connectivity index is 0.00000140. The van der Waals surface area contributed by atoms with E-state index in [1.165, 1.54) is 29.8 Å².